The smallest absolute Gasteiger partial charge is 0.267 e. The number of sulfonamides is 1. The summed E-state index contributed by atoms with van der Waals surface area (Å²) in [7, 11) is -3.53. The van der Waals surface area contributed by atoms with E-state index in [0.29, 0.717) is 22.1 Å². The molecule has 2 rings (SSSR count). The van der Waals surface area contributed by atoms with Crippen molar-refractivity contribution >= 4 is 38.9 Å². The summed E-state index contributed by atoms with van der Waals surface area (Å²) < 4.78 is 26.3. The molecule has 1 N–H and O–H groups in total. The van der Waals surface area contributed by atoms with Crippen LogP contribution >= 0.6 is 22.9 Å². The first-order valence-corrected chi connectivity index (χ1v) is 8.04. The summed E-state index contributed by atoms with van der Waals surface area (Å²) in [6.45, 7) is 0. The average molecular weight is 294 g/mol. The number of hydrogen-bond donors (Lipinski definition) is 1. The highest BCUT2D eigenvalue weighted by atomic mass is 35.5. The van der Waals surface area contributed by atoms with E-state index in [1.807, 2.05) is 0 Å². The van der Waals surface area contributed by atoms with Gasteiger partial charge in [-0.05, 0) is 25.0 Å². The molecule has 0 bridgehead atoms. The van der Waals surface area contributed by atoms with Crippen molar-refractivity contribution in [2.45, 2.75) is 30.9 Å². The molecule has 1 heterocycles. The Balaban J connectivity index is 2.08. The normalized spacial score (nSPS) is 17.2. The predicted molar refractivity (Wildman–Crippen MR) is 68.0 cm³/mol. The summed E-state index contributed by atoms with van der Waals surface area (Å²) in [5.74, 6) is -0.589. The zero-order valence-electron chi connectivity index (χ0n) is 8.98. The lowest BCUT2D eigenvalue weighted by atomic mass is 10.4. The van der Waals surface area contributed by atoms with E-state index in [0.717, 1.165) is 24.2 Å². The van der Waals surface area contributed by atoms with Gasteiger partial charge in [0.05, 0.1) is 14.5 Å². The molecule has 0 aromatic carbocycles. The number of carbonyl (C=O) groups excluding carboxylic acids is 1. The molecule has 0 spiro atoms. The summed E-state index contributed by atoms with van der Waals surface area (Å²) in [5, 5.41) is -0.429. The van der Waals surface area contributed by atoms with Gasteiger partial charge in [0.15, 0.2) is 0 Å². The summed E-state index contributed by atoms with van der Waals surface area (Å²) >= 11 is 6.76. The van der Waals surface area contributed by atoms with Crippen molar-refractivity contribution in [3.8, 4) is 0 Å². The summed E-state index contributed by atoms with van der Waals surface area (Å²) in [6, 6.07) is 3.09. The van der Waals surface area contributed by atoms with Gasteiger partial charge in [-0.25, -0.2) is 13.1 Å². The second-order valence-electron chi connectivity index (χ2n) is 3.99. The fraction of sp³-hybridized carbons (Fsp3) is 0.500. The largest absolute Gasteiger partial charge is 0.274 e. The van der Waals surface area contributed by atoms with E-state index in [4.69, 9.17) is 11.6 Å². The van der Waals surface area contributed by atoms with Gasteiger partial charge in [-0.3, -0.25) is 4.79 Å². The quantitative estimate of drug-likeness (QED) is 0.931. The number of hydrogen-bond acceptors (Lipinski definition) is 4. The molecule has 0 radical (unpaired) electrons. The van der Waals surface area contributed by atoms with Crippen molar-refractivity contribution in [1.29, 1.82) is 0 Å². The van der Waals surface area contributed by atoms with Gasteiger partial charge in [-0.2, -0.15) is 0 Å². The van der Waals surface area contributed by atoms with Crippen LogP contribution in [0.5, 0.6) is 0 Å². The molecular weight excluding hydrogens is 282 g/mol. The van der Waals surface area contributed by atoms with Gasteiger partial charge in [-0.15, -0.1) is 11.3 Å². The van der Waals surface area contributed by atoms with Crippen LogP contribution in [0, 0.1) is 0 Å². The maximum Gasteiger partial charge on any atom is 0.274 e. The van der Waals surface area contributed by atoms with E-state index in [1.165, 1.54) is 6.07 Å². The zero-order chi connectivity index (χ0) is 12.5. The van der Waals surface area contributed by atoms with Crippen LogP contribution in [0.1, 0.15) is 35.4 Å². The predicted octanol–water partition coefficient (Wildman–Crippen LogP) is 2.40. The summed E-state index contributed by atoms with van der Waals surface area (Å²) in [6.07, 6.45) is 3.08. The van der Waals surface area contributed by atoms with E-state index in [2.05, 4.69) is 4.72 Å². The highest BCUT2D eigenvalue weighted by molar-refractivity contribution is 7.90. The minimum absolute atomic E-state index is 0.316. The van der Waals surface area contributed by atoms with Crippen LogP contribution in [0.3, 0.4) is 0 Å². The molecule has 1 fully saturated rings. The minimum Gasteiger partial charge on any atom is -0.267 e. The molecule has 4 nitrogen and oxygen atoms in total. The fourth-order valence-corrected chi connectivity index (χ4v) is 4.39. The first kappa shape index (κ1) is 12.9. The van der Waals surface area contributed by atoms with Gasteiger partial charge < -0.3 is 0 Å². The number of rotatable bonds is 3. The summed E-state index contributed by atoms with van der Waals surface area (Å²) in [4.78, 5) is 12.0. The van der Waals surface area contributed by atoms with E-state index in [9.17, 15) is 13.2 Å². The molecule has 94 valence electrons. The number of amides is 1. The third kappa shape index (κ3) is 3.00. The van der Waals surface area contributed by atoms with Crippen molar-refractivity contribution < 1.29 is 13.2 Å². The summed E-state index contributed by atoms with van der Waals surface area (Å²) in [5.41, 5.74) is 0. The topological polar surface area (TPSA) is 63.2 Å². The first-order chi connectivity index (χ1) is 7.99. The number of halogens is 1. The monoisotopic (exact) mass is 293 g/mol. The molecular formula is C10H12ClNO3S2. The molecule has 7 heteroatoms. The molecule has 1 aliphatic carbocycles. The van der Waals surface area contributed by atoms with E-state index in [1.54, 1.807) is 6.07 Å². The van der Waals surface area contributed by atoms with Crippen molar-refractivity contribution in [3.05, 3.63) is 21.3 Å². The Kier molecular flexibility index (Phi) is 3.75. The van der Waals surface area contributed by atoms with Crippen LogP contribution in [0.15, 0.2) is 12.1 Å². The SMILES string of the molecule is O=C(NS(=O)(=O)C1CCCC1)c1ccc(Cl)s1. The Morgan fingerprint density at radius 3 is 2.53 bits per heavy atom. The van der Waals surface area contributed by atoms with Crippen LogP contribution < -0.4 is 4.72 Å². The lowest BCUT2D eigenvalue weighted by molar-refractivity contribution is 0.0985. The minimum atomic E-state index is -3.53. The standard InChI is InChI=1S/C10H12ClNO3S2/c11-9-6-5-8(16-9)10(13)12-17(14,15)7-3-1-2-4-7/h5-7H,1-4H2,(H,12,13). The number of thiophene rings is 1. The van der Waals surface area contributed by atoms with E-state index in [-0.39, 0.29) is 0 Å². The van der Waals surface area contributed by atoms with Gasteiger partial charge >= 0.3 is 0 Å². The molecule has 1 aromatic rings. The highest BCUT2D eigenvalue weighted by Crippen LogP contribution is 2.25. The van der Waals surface area contributed by atoms with Gasteiger partial charge in [0.25, 0.3) is 5.91 Å². The Bertz CT molecular complexity index is 517. The third-order valence-corrected chi connectivity index (χ3v) is 5.82. The Morgan fingerprint density at radius 2 is 2.00 bits per heavy atom. The fourth-order valence-electron chi connectivity index (χ4n) is 1.90. The van der Waals surface area contributed by atoms with Gasteiger partial charge in [-0.1, -0.05) is 24.4 Å². The third-order valence-electron chi connectivity index (χ3n) is 2.77. The van der Waals surface area contributed by atoms with Gasteiger partial charge in [0.1, 0.15) is 0 Å². The van der Waals surface area contributed by atoms with Crippen LogP contribution in [-0.4, -0.2) is 19.6 Å². The van der Waals surface area contributed by atoms with Crippen LogP contribution in [-0.2, 0) is 10.0 Å². The maximum atomic E-state index is 11.9. The number of nitrogens with one attached hydrogen (secondary N) is 1. The molecule has 0 unspecified atom stereocenters. The Morgan fingerprint density at radius 1 is 1.35 bits per heavy atom. The van der Waals surface area contributed by atoms with Gasteiger partial charge in [0, 0.05) is 0 Å². The molecule has 0 aliphatic heterocycles. The molecule has 1 saturated carbocycles. The van der Waals surface area contributed by atoms with E-state index < -0.39 is 21.2 Å². The lowest BCUT2D eigenvalue weighted by Gasteiger charge is -2.11. The molecule has 0 atom stereocenters. The van der Waals surface area contributed by atoms with E-state index >= 15 is 0 Å². The highest BCUT2D eigenvalue weighted by Gasteiger charge is 2.30. The van der Waals surface area contributed by atoms with Crippen LogP contribution in [0.25, 0.3) is 0 Å². The van der Waals surface area contributed by atoms with Crippen molar-refractivity contribution in [2.24, 2.45) is 0 Å². The lowest BCUT2D eigenvalue weighted by Crippen LogP contribution is -2.36. The molecule has 1 amide bonds. The zero-order valence-corrected chi connectivity index (χ0v) is 11.4. The van der Waals surface area contributed by atoms with Crippen molar-refractivity contribution in [1.82, 2.24) is 4.72 Å². The van der Waals surface area contributed by atoms with Crippen LogP contribution in [0.4, 0.5) is 0 Å². The maximum absolute atomic E-state index is 11.9. The second kappa shape index (κ2) is 4.96. The first-order valence-electron chi connectivity index (χ1n) is 5.30. The Labute approximate surface area is 109 Å². The molecule has 1 aliphatic rings. The number of carbonyl (C=O) groups is 1. The Hall–Kier alpha value is -0.590. The molecule has 1 aromatic heterocycles. The van der Waals surface area contributed by atoms with Crippen molar-refractivity contribution in [3.63, 3.8) is 0 Å². The van der Waals surface area contributed by atoms with Crippen molar-refractivity contribution in [2.75, 3.05) is 0 Å². The molecule has 17 heavy (non-hydrogen) atoms. The van der Waals surface area contributed by atoms with Gasteiger partial charge in [0.2, 0.25) is 10.0 Å². The molecule has 0 saturated heterocycles. The average Bonchev–Trinajstić information content (AvgIpc) is 2.86. The van der Waals surface area contributed by atoms with Crippen LogP contribution in [0.2, 0.25) is 4.34 Å². The second-order valence-corrected chi connectivity index (χ2v) is 7.66.